The Bertz CT molecular complexity index is 1060. The maximum Gasteiger partial charge on any atom is 0.254 e. The van der Waals surface area contributed by atoms with Crippen molar-refractivity contribution in [3.05, 3.63) is 59.2 Å². The summed E-state index contributed by atoms with van der Waals surface area (Å²) in [5.41, 5.74) is 2.48. The van der Waals surface area contributed by atoms with Crippen molar-refractivity contribution >= 4 is 21.7 Å². The first kappa shape index (κ1) is 22.8. The predicted molar refractivity (Wildman–Crippen MR) is 118 cm³/mol. The topological polar surface area (TPSA) is 84.0 Å². The van der Waals surface area contributed by atoms with Gasteiger partial charge in [-0.3, -0.25) is 9.59 Å². The van der Waals surface area contributed by atoms with Crippen LogP contribution < -0.4 is 4.74 Å². The summed E-state index contributed by atoms with van der Waals surface area (Å²) in [7, 11) is -1.94. The number of carbonyl (C=O) groups is 2. The number of aryl methyl sites for hydroxylation is 2. The molecule has 31 heavy (non-hydrogen) atoms. The Morgan fingerprint density at radius 3 is 2.16 bits per heavy atom. The van der Waals surface area contributed by atoms with Gasteiger partial charge in [-0.15, -0.1) is 0 Å². The Balaban J connectivity index is 1.53. The van der Waals surface area contributed by atoms with Crippen LogP contribution in [0.15, 0.2) is 47.4 Å². The normalized spacial score (nSPS) is 14.4. The molecule has 1 aliphatic rings. The molecule has 0 N–H and O–H groups in total. The fraction of sp³-hybridized carbons (Fsp3) is 0.391. The second-order valence-corrected chi connectivity index (χ2v) is 9.85. The summed E-state index contributed by atoms with van der Waals surface area (Å²) >= 11 is 0. The van der Waals surface area contributed by atoms with E-state index in [1.807, 2.05) is 19.9 Å². The van der Waals surface area contributed by atoms with Crippen molar-refractivity contribution in [3.63, 3.8) is 0 Å². The molecular weight excluding hydrogens is 416 g/mol. The maximum atomic E-state index is 12.8. The molecule has 0 saturated carbocycles. The summed E-state index contributed by atoms with van der Waals surface area (Å²) in [5.74, 6) is 0.124. The van der Waals surface area contributed by atoms with E-state index in [-0.39, 0.29) is 28.9 Å². The number of carbonyl (C=O) groups excluding carboxylic acids is 2. The molecule has 0 aliphatic carbocycles. The molecular formula is C23H28N2O5S. The van der Waals surface area contributed by atoms with Gasteiger partial charge < -0.3 is 14.5 Å². The van der Waals surface area contributed by atoms with Crippen LogP contribution in [-0.2, 0) is 14.6 Å². The van der Waals surface area contributed by atoms with Crippen molar-refractivity contribution < 1.29 is 22.7 Å². The number of rotatable bonds is 6. The number of sulfone groups is 1. The van der Waals surface area contributed by atoms with Gasteiger partial charge in [-0.2, -0.15) is 0 Å². The minimum Gasteiger partial charge on any atom is -0.496 e. The molecule has 0 unspecified atom stereocenters. The van der Waals surface area contributed by atoms with Crippen molar-refractivity contribution in [3.8, 4) is 5.75 Å². The second-order valence-electron chi connectivity index (χ2n) is 7.74. The van der Waals surface area contributed by atoms with E-state index in [0.29, 0.717) is 37.5 Å². The number of benzene rings is 2. The molecule has 0 atom stereocenters. The molecule has 0 radical (unpaired) electrons. The Hall–Kier alpha value is -2.87. The Morgan fingerprint density at radius 1 is 0.935 bits per heavy atom. The van der Waals surface area contributed by atoms with Crippen LogP contribution in [0.4, 0.5) is 0 Å². The predicted octanol–water partition coefficient (Wildman–Crippen LogP) is 2.46. The Morgan fingerprint density at radius 2 is 1.55 bits per heavy atom. The van der Waals surface area contributed by atoms with Crippen molar-refractivity contribution in [2.45, 2.75) is 25.2 Å². The highest BCUT2D eigenvalue weighted by atomic mass is 32.2. The summed E-state index contributed by atoms with van der Waals surface area (Å²) in [6.45, 7) is 5.39. The molecule has 2 aromatic rings. The summed E-state index contributed by atoms with van der Waals surface area (Å²) in [5, 5.41) is 0. The molecule has 1 fully saturated rings. The monoisotopic (exact) mass is 444 g/mol. The van der Waals surface area contributed by atoms with Crippen molar-refractivity contribution in [2.24, 2.45) is 0 Å². The van der Waals surface area contributed by atoms with Gasteiger partial charge in [0.1, 0.15) is 5.75 Å². The van der Waals surface area contributed by atoms with Gasteiger partial charge >= 0.3 is 0 Å². The highest BCUT2D eigenvalue weighted by molar-refractivity contribution is 7.91. The van der Waals surface area contributed by atoms with E-state index in [1.165, 1.54) is 0 Å². The van der Waals surface area contributed by atoms with Crippen LogP contribution in [0.1, 0.15) is 27.9 Å². The van der Waals surface area contributed by atoms with Gasteiger partial charge in [0.25, 0.3) is 5.91 Å². The lowest BCUT2D eigenvalue weighted by Gasteiger charge is -2.35. The lowest BCUT2D eigenvalue weighted by molar-refractivity contribution is -0.132. The number of amides is 2. The van der Waals surface area contributed by atoms with Crippen molar-refractivity contribution in [1.29, 1.82) is 0 Å². The number of ether oxygens (including phenoxy) is 1. The number of methoxy groups -OCH3 is 1. The van der Waals surface area contributed by atoms with Crippen molar-refractivity contribution in [2.75, 3.05) is 39.0 Å². The van der Waals surface area contributed by atoms with Crippen LogP contribution in [0.3, 0.4) is 0 Å². The van der Waals surface area contributed by atoms with Gasteiger partial charge in [0.15, 0.2) is 9.84 Å². The summed E-state index contributed by atoms with van der Waals surface area (Å²) in [6.07, 6.45) is -0.0701. The third-order valence-corrected chi connectivity index (χ3v) is 7.27. The molecule has 0 bridgehead atoms. The molecule has 1 heterocycles. The fourth-order valence-electron chi connectivity index (χ4n) is 3.54. The van der Waals surface area contributed by atoms with Crippen LogP contribution in [0.2, 0.25) is 0 Å². The Kier molecular flexibility index (Phi) is 7.00. The van der Waals surface area contributed by atoms with E-state index in [1.54, 1.807) is 53.3 Å². The zero-order valence-corrected chi connectivity index (χ0v) is 18.9. The van der Waals surface area contributed by atoms with Crippen LogP contribution in [0, 0.1) is 13.8 Å². The minimum absolute atomic E-state index is 0.0701. The molecule has 2 aromatic carbocycles. The van der Waals surface area contributed by atoms with Crippen LogP contribution in [-0.4, -0.2) is 69.1 Å². The standard InChI is InChI=1S/C23H28N2O5S/c1-17-4-8-20(9-5-17)31(28,29)15-10-22(26)24-11-13-25(14-12-24)23(27)19-7-6-18(2)21(16-19)30-3/h4-9,16H,10-15H2,1-3H3. The van der Waals surface area contributed by atoms with E-state index >= 15 is 0 Å². The quantitative estimate of drug-likeness (QED) is 0.683. The molecule has 2 amide bonds. The first-order chi connectivity index (χ1) is 14.7. The van der Waals surface area contributed by atoms with Crippen molar-refractivity contribution in [1.82, 2.24) is 9.80 Å². The number of hydrogen-bond acceptors (Lipinski definition) is 5. The lowest BCUT2D eigenvalue weighted by Crippen LogP contribution is -2.50. The smallest absolute Gasteiger partial charge is 0.254 e. The Labute approximate surface area is 183 Å². The molecule has 8 heteroatoms. The van der Waals surface area contributed by atoms with Gasteiger partial charge in [-0.25, -0.2) is 8.42 Å². The van der Waals surface area contributed by atoms with E-state index < -0.39 is 9.84 Å². The third kappa shape index (κ3) is 5.44. The highest BCUT2D eigenvalue weighted by Gasteiger charge is 2.26. The van der Waals surface area contributed by atoms with Gasteiger partial charge in [-0.1, -0.05) is 23.8 Å². The van der Waals surface area contributed by atoms with Gasteiger partial charge in [0, 0.05) is 38.2 Å². The van der Waals surface area contributed by atoms with E-state index in [2.05, 4.69) is 0 Å². The molecule has 1 aliphatic heterocycles. The first-order valence-corrected chi connectivity index (χ1v) is 11.9. The van der Waals surface area contributed by atoms with Crippen LogP contribution >= 0.6 is 0 Å². The summed E-state index contributed by atoms with van der Waals surface area (Å²) in [4.78, 5) is 28.9. The molecule has 1 saturated heterocycles. The largest absolute Gasteiger partial charge is 0.496 e. The van der Waals surface area contributed by atoms with E-state index in [4.69, 9.17) is 4.74 Å². The second kappa shape index (κ2) is 9.51. The summed E-state index contributed by atoms with van der Waals surface area (Å²) in [6, 6.07) is 12.0. The zero-order valence-electron chi connectivity index (χ0n) is 18.1. The molecule has 0 aromatic heterocycles. The molecule has 166 valence electrons. The highest BCUT2D eigenvalue weighted by Crippen LogP contribution is 2.21. The van der Waals surface area contributed by atoms with E-state index in [0.717, 1.165) is 11.1 Å². The lowest BCUT2D eigenvalue weighted by atomic mass is 10.1. The first-order valence-electron chi connectivity index (χ1n) is 10.2. The van der Waals surface area contributed by atoms with Gasteiger partial charge in [-0.05, 0) is 43.7 Å². The number of piperazine rings is 1. The van der Waals surface area contributed by atoms with Gasteiger partial charge in [0.2, 0.25) is 5.91 Å². The maximum absolute atomic E-state index is 12.8. The van der Waals surface area contributed by atoms with Crippen LogP contribution in [0.25, 0.3) is 0 Å². The molecule has 0 spiro atoms. The van der Waals surface area contributed by atoms with Crippen LogP contribution in [0.5, 0.6) is 5.75 Å². The van der Waals surface area contributed by atoms with E-state index in [9.17, 15) is 18.0 Å². The third-order valence-electron chi connectivity index (χ3n) is 5.54. The fourth-order valence-corrected chi connectivity index (χ4v) is 4.77. The average Bonchev–Trinajstić information content (AvgIpc) is 2.78. The SMILES string of the molecule is COc1cc(C(=O)N2CCN(C(=O)CCS(=O)(=O)c3ccc(C)cc3)CC2)ccc1C. The summed E-state index contributed by atoms with van der Waals surface area (Å²) < 4.78 is 30.2. The molecule has 3 rings (SSSR count). The average molecular weight is 445 g/mol. The number of hydrogen-bond donors (Lipinski definition) is 0. The minimum atomic E-state index is -3.51. The molecule has 7 nitrogen and oxygen atoms in total. The number of nitrogens with zero attached hydrogens (tertiary/aromatic N) is 2. The zero-order chi connectivity index (χ0) is 22.6. The van der Waals surface area contributed by atoms with Gasteiger partial charge in [0.05, 0.1) is 17.8 Å².